The van der Waals surface area contributed by atoms with Gasteiger partial charge in [-0.05, 0) is 54.5 Å². The standard InChI is InChI=1S/C17H19FN2/c1-12-6-7-19-10-14(12)11-20-15-8-13(9-15)16-4-2-3-5-17(16)18/h2-7,10,13,15,20H,8-9,11H2,1H3. The molecule has 1 aromatic heterocycles. The zero-order valence-electron chi connectivity index (χ0n) is 11.6. The largest absolute Gasteiger partial charge is 0.310 e. The maximum absolute atomic E-state index is 13.7. The molecule has 1 aromatic carbocycles. The Morgan fingerprint density at radius 3 is 2.80 bits per heavy atom. The van der Waals surface area contributed by atoms with Crippen LogP contribution in [0.15, 0.2) is 42.7 Å². The summed E-state index contributed by atoms with van der Waals surface area (Å²) in [4.78, 5) is 4.15. The Labute approximate surface area is 119 Å². The van der Waals surface area contributed by atoms with Gasteiger partial charge in [-0.3, -0.25) is 4.98 Å². The molecule has 0 atom stereocenters. The van der Waals surface area contributed by atoms with Crippen LogP contribution < -0.4 is 5.32 Å². The number of halogens is 1. The summed E-state index contributed by atoms with van der Waals surface area (Å²) in [5, 5.41) is 3.53. The number of pyridine rings is 1. The zero-order chi connectivity index (χ0) is 13.9. The second-order valence-corrected chi connectivity index (χ2v) is 5.57. The van der Waals surface area contributed by atoms with E-state index in [0.29, 0.717) is 12.0 Å². The minimum atomic E-state index is -0.0703. The Morgan fingerprint density at radius 2 is 2.05 bits per heavy atom. The highest BCUT2D eigenvalue weighted by Crippen LogP contribution is 2.38. The molecule has 0 spiro atoms. The number of nitrogens with zero attached hydrogens (tertiary/aromatic N) is 1. The third-order valence-electron chi connectivity index (χ3n) is 4.21. The van der Waals surface area contributed by atoms with Crippen molar-refractivity contribution in [2.24, 2.45) is 0 Å². The van der Waals surface area contributed by atoms with E-state index in [-0.39, 0.29) is 5.82 Å². The molecule has 1 N–H and O–H groups in total. The maximum atomic E-state index is 13.7. The molecule has 104 valence electrons. The molecule has 2 nitrogen and oxygen atoms in total. The van der Waals surface area contributed by atoms with Crippen molar-refractivity contribution in [3.05, 3.63) is 65.2 Å². The summed E-state index contributed by atoms with van der Waals surface area (Å²) in [6.07, 6.45) is 5.76. The first-order valence-electron chi connectivity index (χ1n) is 7.11. The van der Waals surface area contributed by atoms with E-state index in [1.165, 1.54) is 11.1 Å². The topological polar surface area (TPSA) is 24.9 Å². The molecule has 20 heavy (non-hydrogen) atoms. The molecule has 1 fully saturated rings. The van der Waals surface area contributed by atoms with E-state index >= 15 is 0 Å². The van der Waals surface area contributed by atoms with Crippen LogP contribution in [0.5, 0.6) is 0 Å². The fourth-order valence-corrected chi connectivity index (χ4v) is 2.78. The lowest BCUT2D eigenvalue weighted by Gasteiger charge is -2.36. The number of hydrogen-bond donors (Lipinski definition) is 1. The summed E-state index contributed by atoms with van der Waals surface area (Å²) in [5.74, 6) is 0.294. The van der Waals surface area contributed by atoms with Crippen molar-refractivity contribution in [3.63, 3.8) is 0 Å². The molecule has 0 aliphatic heterocycles. The van der Waals surface area contributed by atoms with Gasteiger partial charge in [0.15, 0.2) is 0 Å². The van der Waals surface area contributed by atoms with Crippen molar-refractivity contribution in [2.45, 2.75) is 38.3 Å². The van der Waals surface area contributed by atoms with Gasteiger partial charge in [0.05, 0.1) is 0 Å². The second-order valence-electron chi connectivity index (χ2n) is 5.57. The van der Waals surface area contributed by atoms with Crippen molar-refractivity contribution < 1.29 is 4.39 Å². The van der Waals surface area contributed by atoms with Gasteiger partial charge in [0.1, 0.15) is 5.82 Å². The predicted octanol–water partition coefficient (Wildman–Crippen LogP) is 3.56. The quantitative estimate of drug-likeness (QED) is 0.918. The molecule has 0 saturated heterocycles. The first-order chi connectivity index (χ1) is 9.74. The number of aromatic nitrogens is 1. The molecule has 0 radical (unpaired) electrons. The monoisotopic (exact) mass is 270 g/mol. The van der Waals surface area contributed by atoms with Crippen LogP contribution >= 0.6 is 0 Å². The van der Waals surface area contributed by atoms with Gasteiger partial charge in [-0.1, -0.05) is 18.2 Å². The number of hydrogen-bond acceptors (Lipinski definition) is 2. The summed E-state index contributed by atoms with van der Waals surface area (Å²) in [6, 6.07) is 9.63. The van der Waals surface area contributed by atoms with Crippen molar-refractivity contribution in [3.8, 4) is 0 Å². The van der Waals surface area contributed by atoms with Gasteiger partial charge >= 0.3 is 0 Å². The maximum Gasteiger partial charge on any atom is 0.126 e. The Balaban J connectivity index is 1.52. The lowest BCUT2D eigenvalue weighted by atomic mass is 9.75. The lowest BCUT2D eigenvalue weighted by molar-refractivity contribution is 0.284. The SMILES string of the molecule is Cc1ccncc1CNC1CC(c2ccccc2F)C1. The summed E-state index contributed by atoms with van der Waals surface area (Å²) in [7, 11) is 0. The van der Waals surface area contributed by atoms with Gasteiger partial charge in [-0.2, -0.15) is 0 Å². The van der Waals surface area contributed by atoms with E-state index in [1.807, 2.05) is 30.6 Å². The van der Waals surface area contributed by atoms with Crippen LogP contribution in [0.3, 0.4) is 0 Å². The molecule has 2 aromatic rings. The first kappa shape index (κ1) is 13.3. The number of nitrogens with one attached hydrogen (secondary N) is 1. The summed E-state index contributed by atoms with van der Waals surface area (Å²) >= 11 is 0. The smallest absolute Gasteiger partial charge is 0.126 e. The number of benzene rings is 1. The summed E-state index contributed by atoms with van der Waals surface area (Å²) in [6.45, 7) is 2.94. The van der Waals surface area contributed by atoms with Gasteiger partial charge < -0.3 is 5.32 Å². The van der Waals surface area contributed by atoms with Gasteiger partial charge in [0, 0.05) is 25.0 Å². The van der Waals surface area contributed by atoms with E-state index in [2.05, 4.69) is 17.2 Å². The molecule has 0 amide bonds. The van der Waals surface area contributed by atoms with Crippen molar-refractivity contribution >= 4 is 0 Å². The Bertz CT molecular complexity index is 588. The average molecular weight is 270 g/mol. The third-order valence-corrected chi connectivity index (χ3v) is 4.21. The van der Waals surface area contributed by atoms with Crippen LogP contribution in [0.2, 0.25) is 0 Å². The van der Waals surface area contributed by atoms with Crippen LogP contribution in [-0.4, -0.2) is 11.0 Å². The highest BCUT2D eigenvalue weighted by Gasteiger charge is 2.31. The van der Waals surface area contributed by atoms with E-state index < -0.39 is 0 Å². The molecular formula is C17H19FN2. The van der Waals surface area contributed by atoms with E-state index in [9.17, 15) is 4.39 Å². The van der Waals surface area contributed by atoms with Crippen LogP contribution in [0.25, 0.3) is 0 Å². The molecule has 0 bridgehead atoms. The highest BCUT2D eigenvalue weighted by molar-refractivity contribution is 5.25. The van der Waals surface area contributed by atoms with Gasteiger partial charge in [0.2, 0.25) is 0 Å². The normalized spacial score (nSPS) is 21.5. The second kappa shape index (κ2) is 5.71. The molecule has 1 aliphatic carbocycles. The minimum Gasteiger partial charge on any atom is -0.310 e. The van der Waals surface area contributed by atoms with Crippen LogP contribution in [0, 0.1) is 12.7 Å². The molecule has 0 unspecified atom stereocenters. The summed E-state index contributed by atoms with van der Waals surface area (Å²) < 4.78 is 13.7. The third kappa shape index (κ3) is 2.73. The van der Waals surface area contributed by atoms with Crippen LogP contribution in [0.1, 0.15) is 35.4 Å². The molecule has 1 heterocycles. The summed E-state index contributed by atoms with van der Waals surface area (Å²) in [5.41, 5.74) is 3.36. The van der Waals surface area contributed by atoms with E-state index in [1.54, 1.807) is 12.1 Å². The Hall–Kier alpha value is -1.74. The number of rotatable bonds is 4. The Kier molecular flexibility index (Phi) is 3.79. The molecular weight excluding hydrogens is 251 g/mol. The van der Waals surface area contributed by atoms with E-state index in [0.717, 1.165) is 24.9 Å². The van der Waals surface area contributed by atoms with Gasteiger partial charge in [-0.25, -0.2) is 4.39 Å². The van der Waals surface area contributed by atoms with Crippen molar-refractivity contribution in [2.75, 3.05) is 0 Å². The number of aryl methyl sites for hydroxylation is 1. The highest BCUT2D eigenvalue weighted by atomic mass is 19.1. The van der Waals surface area contributed by atoms with Crippen LogP contribution in [0.4, 0.5) is 4.39 Å². The lowest BCUT2D eigenvalue weighted by Crippen LogP contribution is -2.40. The predicted molar refractivity (Wildman–Crippen MR) is 78.0 cm³/mol. The minimum absolute atomic E-state index is 0.0703. The molecule has 1 saturated carbocycles. The van der Waals surface area contributed by atoms with Gasteiger partial charge in [0.25, 0.3) is 0 Å². The molecule has 3 rings (SSSR count). The fraction of sp³-hybridized carbons (Fsp3) is 0.353. The fourth-order valence-electron chi connectivity index (χ4n) is 2.78. The van der Waals surface area contributed by atoms with Crippen molar-refractivity contribution in [1.29, 1.82) is 0 Å². The average Bonchev–Trinajstić information content (AvgIpc) is 2.41. The first-order valence-corrected chi connectivity index (χ1v) is 7.11. The van der Waals surface area contributed by atoms with Crippen molar-refractivity contribution in [1.82, 2.24) is 10.3 Å². The molecule has 1 aliphatic rings. The van der Waals surface area contributed by atoms with Crippen LogP contribution in [-0.2, 0) is 6.54 Å². The van der Waals surface area contributed by atoms with Gasteiger partial charge in [-0.15, -0.1) is 0 Å². The zero-order valence-corrected chi connectivity index (χ0v) is 11.6. The Morgan fingerprint density at radius 1 is 1.25 bits per heavy atom. The van der Waals surface area contributed by atoms with E-state index in [4.69, 9.17) is 0 Å². The molecule has 3 heteroatoms.